The van der Waals surface area contributed by atoms with Gasteiger partial charge in [0.2, 0.25) is 0 Å². The number of rotatable bonds is 8. The minimum atomic E-state index is 0.596. The molecule has 0 aliphatic heterocycles. The molecule has 0 radical (unpaired) electrons. The number of nitrogens with zero attached hydrogens (tertiary/aromatic N) is 2. The molecule has 6 nitrogen and oxygen atoms in total. The second-order valence-electron chi connectivity index (χ2n) is 6.41. The minimum absolute atomic E-state index is 0.596. The van der Waals surface area contributed by atoms with Crippen molar-refractivity contribution >= 4 is 11.6 Å². The monoisotopic (exact) mass is 370 g/mol. The summed E-state index contributed by atoms with van der Waals surface area (Å²) in [7, 11) is 7.53. The van der Waals surface area contributed by atoms with Gasteiger partial charge in [-0.15, -0.1) is 0 Å². The van der Waals surface area contributed by atoms with E-state index in [1.165, 1.54) is 11.1 Å². The van der Waals surface area contributed by atoms with Gasteiger partial charge in [0.15, 0.2) is 17.5 Å². The van der Waals surface area contributed by atoms with Crippen molar-refractivity contribution in [3.8, 4) is 11.5 Å². The number of guanidine groups is 1. The highest BCUT2D eigenvalue weighted by atomic mass is 16.5. The van der Waals surface area contributed by atoms with Crippen LogP contribution in [0.3, 0.4) is 0 Å². The Kier molecular flexibility index (Phi) is 7.95. The first-order valence-electron chi connectivity index (χ1n) is 9.06. The molecule has 0 amide bonds. The van der Waals surface area contributed by atoms with E-state index in [-0.39, 0.29) is 0 Å². The van der Waals surface area contributed by atoms with Crippen molar-refractivity contribution in [2.75, 3.05) is 40.2 Å². The maximum Gasteiger partial charge on any atom is 0.195 e. The van der Waals surface area contributed by atoms with Gasteiger partial charge in [-0.25, -0.2) is 0 Å². The van der Waals surface area contributed by atoms with Gasteiger partial charge in [-0.1, -0.05) is 24.3 Å². The van der Waals surface area contributed by atoms with Crippen molar-refractivity contribution in [2.45, 2.75) is 20.0 Å². The van der Waals surface area contributed by atoms with Crippen molar-refractivity contribution in [2.24, 2.45) is 4.99 Å². The molecule has 2 aromatic carbocycles. The average Bonchev–Trinajstić information content (AvgIpc) is 2.66. The van der Waals surface area contributed by atoms with Crippen LogP contribution in [-0.2, 0) is 13.1 Å². The molecule has 2 N–H and O–H groups in total. The fraction of sp³-hybridized carbons (Fsp3) is 0.381. The maximum atomic E-state index is 5.56. The van der Waals surface area contributed by atoms with Crippen molar-refractivity contribution in [3.05, 3.63) is 53.6 Å². The predicted octanol–water partition coefficient (Wildman–Crippen LogP) is 3.34. The van der Waals surface area contributed by atoms with E-state index in [1.807, 2.05) is 25.1 Å². The lowest BCUT2D eigenvalue weighted by atomic mass is 10.1. The summed E-state index contributed by atoms with van der Waals surface area (Å²) < 4.78 is 11.0. The molecular formula is C21H30N4O2. The molecule has 0 bridgehead atoms. The largest absolute Gasteiger partial charge is 0.493 e. The molecule has 0 spiro atoms. The van der Waals surface area contributed by atoms with E-state index in [0.717, 1.165) is 18.0 Å². The first-order chi connectivity index (χ1) is 13.0. The third-order valence-electron chi connectivity index (χ3n) is 3.90. The van der Waals surface area contributed by atoms with Gasteiger partial charge in [0.05, 0.1) is 13.7 Å². The molecule has 6 heteroatoms. The highest BCUT2D eigenvalue weighted by Crippen LogP contribution is 2.30. The number of hydrogen-bond acceptors (Lipinski definition) is 4. The molecule has 0 aliphatic rings. The van der Waals surface area contributed by atoms with Crippen LogP contribution >= 0.6 is 0 Å². The van der Waals surface area contributed by atoms with Crippen molar-refractivity contribution in [3.63, 3.8) is 0 Å². The van der Waals surface area contributed by atoms with Crippen LogP contribution < -0.4 is 20.1 Å². The molecule has 0 heterocycles. The number of anilines is 1. The Morgan fingerprint density at radius 3 is 2.52 bits per heavy atom. The van der Waals surface area contributed by atoms with E-state index >= 15 is 0 Å². The van der Waals surface area contributed by atoms with Crippen molar-refractivity contribution in [1.29, 1.82) is 0 Å². The van der Waals surface area contributed by atoms with E-state index in [0.29, 0.717) is 24.9 Å². The molecular weight excluding hydrogens is 340 g/mol. The normalized spacial score (nSPS) is 11.4. The lowest BCUT2D eigenvalue weighted by Gasteiger charge is -2.15. The van der Waals surface area contributed by atoms with Gasteiger partial charge in [-0.2, -0.15) is 0 Å². The molecule has 146 valence electrons. The van der Waals surface area contributed by atoms with Crippen molar-refractivity contribution in [1.82, 2.24) is 10.2 Å². The van der Waals surface area contributed by atoms with Crippen LogP contribution in [0.15, 0.2) is 47.5 Å². The van der Waals surface area contributed by atoms with Gasteiger partial charge in [-0.05, 0) is 44.3 Å². The molecule has 0 saturated heterocycles. The van der Waals surface area contributed by atoms with Gasteiger partial charge in [0.25, 0.3) is 0 Å². The average molecular weight is 370 g/mol. The highest BCUT2D eigenvalue weighted by molar-refractivity contribution is 5.93. The summed E-state index contributed by atoms with van der Waals surface area (Å²) >= 11 is 0. The number of aliphatic imine (C=N–C) groups is 1. The first-order valence-corrected chi connectivity index (χ1v) is 9.06. The molecule has 0 aliphatic carbocycles. The molecule has 27 heavy (non-hydrogen) atoms. The smallest absolute Gasteiger partial charge is 0.195 e. The second-order valence-corrected chi connectivity index (χ2v) is 6.41. The fourth-order valence-corrected chi connectivity index (χ4v) is 2.72. The fourth-order valence-electron chi connectivity index (χ4n) is 2.72. The Hall–Kier alpha value is -2.73. The number of nitrogens with one attached hydrogen (secondary N) is 2. The molecule has 2 aromatic rings. The van der Waals surface area contributed by atoms with Gasteiger partial charge in [0, 0.05) is 31.9 Å². The molecule has 0 atom stereocenters. The van der Waals surface area contributed by atoms with Crippen LogP contribution in [0.4, 0.5) is 5.69 Å². The van der Waals surface area contributed by atoms with Gasteiger partial charge >= 0.3 is 0 Å². The summed E-state index contributed by atoms with van der Waals surface area (Å²) in [6, 6.07) is 14.3. The van der Waals surface area contributed by atoms with E-state index < -0.39 is 0 Å². The van der Waals surface area contributed by atoms with E-state index in [4.69, 9.17) is 9.47 Å². The Morgan fingerprint density at radius 2 is 1.85 bits per heavy atom. The lowest BCUT2D eigenvalue weighted by molar-refractivity contribution is 0.311. The van der Waals surface area contributed by atoms with E-state index in [1.54, 1.807) is 14.2 Å². The molecule has 0 unspecified atom stereocenters. The standard InChI is InChI=1S/C21H30N4O2/c1-6-27-19-11-10-18(13-20(19)26-5)24-21(22-2)23-14-16-8-7-9-17(12-16)15-25(3)4/h7-13H,6,14-15H2,1-5H3,(H2,22,23,24). The second kappa shape index (κ2) is 10.4. The zero-order valence-corrected chi connectivity index (χ0v) is 16.9. The summed E-state index contributed by atoms with van der Waals surface area (Å²) in [5, 5.41) is 6.63. The molecule has 0 fully saturated rings. The first kappa shape index (κ1) is 20.6. The number of benzene rings is 2. The number of ether oxygens (including phenoxy) is 2. The number of hydrogen-bond donors (Lipinski definition) is 2. The van der Waals surface area contributed by atoms with Crippen LogP contribution in [-0.4, -0.2) is 45.7 Å². The molecule has 0 aromatic heterocycles. The van der Waals surface area contributed by atoms with Crippen LogP contribution in [0, 0.1) is 0 Å². The molecule has 0 saturated carbocycles. The predicted molar refractivity (Wildman–Crippen MR) is 112 cm³/mol. The maximum absolute atomic E-state index is 5.56. The van der Waals surface area contributed by atoms with E-state index in [9.17, 15) is 0 Å². The lowest BCUT2D eigenvalue weighted by Crippen LogP contribution is -2.30. The van der Waals surface area contributed by atoms with Crippen LogP contribution in [0.5, 0.6) is 11.5 Å². The summed E-state index contributed by atoms with van der Waals surface area (Å²) in [6.07, 6.45) is 0. The SMILES string of the molecule is CCOc1ccc(NC(=NC)NCc2cccc(CN(C)C)c2)cc1OC. The minimum Gasteiger partial charge on any atom is -0.493 e. The highest BCUT2D eigenvalue weighted by Gasteiger charge is 2.07. The summed E-state index contributed by atoms with van der Waals surface area (Å²) in [4.78, 5) is 6.46. The Balaban J connectivity index is 2.00. The van der Waals surface area contributed by atoms with Crippen LogP contribution in [0.25, 0.3) is 0 Å². The zero-order valence-electron chi connectivity index (χ0n) is 16.9. The van der Waals surface area contributed by atoms with Crippen LogP contribution in [0.1, 0.15) is 18.1 Å². The quantitative estimate of drug-likeness (QED) is 0.551. The Morgan fingerprint density at radius 1 is 1.07 bits per heavy atom. The summed E-state index contributed by atoms with van der Waals surface area (Å²) in [5.74, 6) is 2.11. The van der Waals surface area contributed by atoms with Gasteiger partial charge in [-0.3, -0.25) is 4.99 Å². The summed E-state index contributed by atoms with van der Waals surface area (Å²) in [6.45, 7) is 4.16. The van der Waals surface area contributed by atoms with E-state index in [2.05, 4.69) is 58.9 Å². The van der Waals surface area contributed by atoms with Gasteiger partial charge in [0.1, 0.15) is 0 Å². The Bertz CT molecular complexity index is 760. The van der Waals surface area contributed by atoms with Gasteiger partial charge < -0.3 is 25.0 Å². The number of methoxy groups -OCH3 is 1. The van der Waals surface area contributed by atoms with Crippen LogP contribution in [0.2, 0.25) is 0 Å². The third kappa shape index (κ3) is 6.49. The summed E-state index contributed by atoms with van der Waals surface area (Å²) in [5.41, 5.74) is 3.38. The Labute approximate surface area is 162 Å². The zero-order chi connectivity index (χ0) is 19.6. The third-order valence-corrected chi connectivity index (χ3v) is 3.90. The van der Waals surface area contributed by atoms with Crippen molar-refractivity contribution < 1.29 is 9.47 Å². The topological polar surface area (TPSA) is 58.1 Å². The molecule has 2 rings (SSSR count).